The van der Waals surface area contributed by atoms with E-state index in [4.69, 9.17) is 5.73 Å². The van der Waals surface area contributed by atoms with Crippen LogP contribution in [0.2, 0.25) is 0 Å². The van der Waals surface area contributed by atoms with E-state index in [1.807, 2.05) is 16.0 Å². The van der Waals surface area contributed by atoms with Crippen LogP contribution in [0.15, 0.2) is 102 Å². The van der Waals surface area contributed by atoms with E-state index in [0.29, 0.717) is 25.1 Å². The minimum Gasteiger partial charge on any atom is -0.480 e. The molecule has 4 aromatic carbocycles. The molecule has 8 rings (SSSR count). The molecule has 16 nitrogen and oxygen atoms in total. The Balaban J connectivity index is 1.05. The Kier molecular flexibility index (Phi) is 18.7. The summed E-state index contributed by atoms with van der Waals surface area (Å²) in [5, 5.41) is 27.6. The van der Waals surface area contributed by atoms with Gasteiger partial charge in [-0.05, 0) is 92.4 Å². The van der Waals surface area contributed by atoms with Crippen LogP contribution in [0.25, 0.3) is 44.2 Å². The Morgan fingerprint density at radius 2 is 1.12 bits per heavy atom. The van der Waals surface area contributed by atoms with Gasteiger partial charge in [-0.2, -0.15) is 52.7 Å². The number of carbonyl (C=O) groups excluding carboxylic acids is 2. The van der Waals surface area contributed by atoms with Crippen LogP contribution in [-0.4, -0.2) is 90.0 Å². The van der Waals surface area contributed by atoms with E-state index in [-0.39, 0.29) is 56.5 Å². The number of carboxylic acids is 2. The molecular weight excluding hydrogens is 1250 g/mol. The first-order chi connectivity index (χ1) is 42.3. The number of nitrogens with zero attached hydrogens (tertiary/aromatic N) is 4. The van der Waals surface area contributed by atoms with Crippen molar-refractivity contribution in [2.75, 3.05) is 16.4 Å². The Bertz CT molecular complexity index is 4220. The Hall–Kier alpha value is -10.0. The highest BCUT2D eigenvalue weighted by Crippen LogP contribution is 2.42. The number of nitrogens with two attached hydrogens (primary N) is 1. The second kappa shape index (κ2) is 25.4. The van der Waals surface area contributed by atoms with Crippen molar-refractivity contribution in [2.45, 2.75) is 88.4 Å². The minimum absolute atomic E-state index is 0.00513. The van der Waals surface area contributed by atoms with Crippen LogP contribution in [0.5, 0.6) is 0 Å². The van der Waals surface area contributed by atoms with Crippen molar-refractivity contribution in [1.29, 1.82) is 0 Å². The maximum absolute atomic E-state index is 15.8. The van der Waals surface area contributed by atoms with Crippen molar-refractivity contribution in [3.05, 3.63) is 176 Å². The molecule has 0 spiro atoms. The molecule has 0 bridgehead atoms. The number of aryl methyl sites for hydroxylation is 2. The molecule has 0 aliphatic carbocycles. The van der Waals surface area contributed by atoms with Crippen LogP contribution < -0.4 is 32.6 Å². The number of rotatable bonds is 19. The third-order valence-corrected chi connectivity index (χ3v) is 14.5. The number of halogens is 16. The topological polar surface area (TPSA) is 244 Å². The van der Waals surface area contributed by atoms with Gasteiger partial charge >= 0.3 is 36.6 Å². The zero-order valence-corrected chi connectivity index (χ0v) is 46.7. The van der Waals surface area contributed by atoms with Crippen LogP contribution in [0.3, 0.4) is 0 Å². The Labute approximate surface area is 501 Å². The van der Waals surface area contributed by atoms with Gasteiger partial charge in [-0.25, -0.2) is 32.1 Å². The number of amides is 2. The van der Waals surface area contributed by atoms with Gasteiger partial charge in [-0.15, -0.1) is 0 Å². The van der Waals surface area contributed by atoms with E-state index in [1.54, 1.807) is 5.32 Å². The highest BCUT2D eigenvalue weighted by molar-refractivity contribution is 6.01. The van der Waals surface area contributed by atoms with Crippen molar-refractivity contribution in [3.63, 3.8) is 0 Å². The lowest BCUT2D eigenvalue weighted by Crippen LogP contribution is -2.43. The smallest absolute Gasteiger partial charge is 0.418 e. The van der Waals surface area contributed by atoms with E-state index in [9.17, 15) is 86.9 Å². The number of aromatic nitrogens is 4. The van der Waals surface area contributed by atoms with Gasteiger partial charge in [0.05, 0.1) is 33.4 Å². The number of hydrogen-bond acceptors (Lipinski definition) is 11. The molecule has 0 unspecified atom stereocenters. The lowest BCUT2D eigenvalue weighted by molar-refractivity contribution is -0.144. The third-order valence-electron chi connectivity index (χ3n) is 14.5. The number of nitrogens with one attached hydrogen (secondary N) is 4. The predicted octanol–water partition coefficient (Wildman–Crippen LogP) is 11.9. The molecule has 8 aromatic rings. The van der Waals surface area contributed by atoms with Gasteiger partial charge in [0.2, 0.25) is 0 Å². The quantitative estimate of drug-likeness (QED) is 0.0373. The second-order valence-electron chi connectivity index (χ2n) is 20.7. The number of alkyl halides is 12. The summed E-state index contributed by atoms with van der Waals surface area (Å²) in [6.07, 6.45) is -22.5. The SMILES string of the molecule is Cc1cc(C(F)(F)F)c(-c2ccc(C[C@H](NC(=O)c3c(F)cc(N[C@H](CCc4ccc5c(C[C@H](NC(=O)c6c(F)cc(N[C@H](C)C(F)(F)F)cc6F)C(=O)O)ccc(-c6nc(N)ccc6C(F)(F)F)c5n4)C(F)(F)F)cc3F)C(=O)O)c3cccnc23)c(=O)n1C. The van der Waals surface area contributed by atoms with Crippen molar-refractivity contribution < 1.29 is 99.6 Å². The van der Waals surface area contributed by atoms with Crippen molar-refractivity contribution in [2.24, 2.45) is 7.05 Å². The lowest BCUT2D eigenvalue weighted by Gasteiger charge is -2.23. The summed E-state index contributed by atoms with van der Waals surface area (Å²) in [4.78, 5) is 77.4. The number of carboxylic acid groups (broad SMARTS) is 2. The molecule has 2 amide bonds. The van der Waals surface area contributed by atoms with Gasteiger partial charge < -0.3 is 41.8 Å². The first kappa shape index (κ1) is 66.9. The highest BCUT2D eigenvalue weighted by Gasteiger charge is 2.42. The molecule has 480 valence electrons. The molecular formula is C59H45F16N9O7. The fourth-order valence-corrected chi connectivity index (χ4v) is 9.84. The zero-order chi connectivity index (χ0) is 67.1. The Morgan fingerprint density at radius 1 is 0.615 bits per heavy atom. The van der Waals surface area contributed by atoms with Crippen molar-refractivity contribution in [1.82, 2.24) is 30.2 Å². The van der Waals surface area contributed by atoms with Gasteiger partial charge in [0.25, 0.3) is 17.4 Å². The van der Waals surface area contributed by atoms with Crippen molar-refractivity contribution >= 4 is 62.8 Å². The first-order valence-electron chi connectivity index (χ1n) is 26.5. The van der Waals surface area contributed by atoms with Crippen LogP contribution in [0.4, 0.5) is 87.4 Å². The number of pyridine rings is 4. The normalized spacial score (nSPS) is 13.6. The molecule has 4 atom stereocenters. The molecule has 0 saturated carbocycles. The summed E-state index contributed by atoms with van der Waals surface area (Å²) in [5.74, 6) is -14.7. The zero-order valence-electron chi connectivity index (χ0n) is 46.7. The van der Waals surface area contributed by atoms with Gasteiger partial charge in [0, 0.05) is 70.7 Å². The van der Waals surface area contributed by atoms with Gasteiger partial charge in [0.15, 0.2) is 0 Å². The number of nitrogen functional groups attached to an aromatic ring is 1. The first-order valence-corrected chi connectivity index (χ1v) is 26.5. The van der Waals surface area contributed by atoms with E-state index in [0.717, 1.165) is 53.1 Å². The molecule has 4 aromatic heterocycles. The average Bonchev–Trinajstić information content (AvgIpc) is 0.777. The monoisotopic (exact) mass is 1300 g/mol. The highest BCUT2D eigenvalue weighted by atomic mass is 19.4. The summed E-state index contributed by atoms with van der Waals surface area (Å²) >= 11 is 0. The molecule has 0 fully saturated rings. The number of carbonyl (C=O) groups is 4. The summed E-state index contributed by atoms with van der Waals surface area (Å²) in [5.41, 5.74) is -6.20. The minimum atomic E-state index is -5.28. The van der Waals surface area contributed by atoms with Crippen molar-refractivity contribution in [3.8, 4) is 22.4 Å². The van der Waals surface area contributed by atoms with Crippen LogP contribution >= 0.6 is 0 Å². The summed E-state index contributed by atoms with van der Waals surface area (Å²) in [6.45, 7) is 1.90. The number of aliphatic carboxylic acids is 2. The van der Waals surface area contributed by atoms with E-state index < -0.39 is 189 Å². The number of fused-ring (bicyclic) bond motifs is 2. The number of benzene rings is 4. The van der Waals surface area contributed by atoms with Gasteiger partial charge in [-0.1, -0.05) is 36.4 Å². The summed E-state index contributed by atoms with van der Waals surface area (Å²) < 4.78 is 233. The molecule has 32 heteroatoms. The number of hydrogen-bond donors (Lipinski definition) is 7. The predicted molar refractivity (Wildman–Crippen MR) is 295 cm³/mol. The largest absolute Gasteiger partial charge is 0.480 e. The lowest BCUT2D eigenvalue weighted by atomic mass is 9.93. The second-order valence-corrected chi connectivity index (χ2v) is 20.7. The Morgan fingerprint density at radius 3 is 1.62 bits per heavy atom. The van der Waals surface area contributed by atoms with E-state index >= 15 is 17.6 Å². The molecule has 0 radical (unpaired) electrons. The molecule has 0 saturated heterocycles. The molecule has 4 heterocycles. The fraction of sp³-hybridized carbons (Fsp3) is 0.254. The summed E-state index contributed by atoms with van der Waals surface area (Å²) in [6, 6.07) is 3.08. The van der Waals surface area contributed by atoms with Gasteiger partial charge in [-0.3, -0.25) is 24.4 Å². The summed E-state index contributed by atoms with van der Waals surface area (Å²) in [7, 11) is 1.24. The number of anilines is 3. The van der Waals surface area contributed by atoms with E-state index in [1.165, 1.54) is 32.3 Å². The molecule has 0 aliphatic rings. The molecule has 8 N–H and O–H groups in total. The van der Waals surface area contributed by atoms with Crippen LogP contribution in [0, 0.1) is 30.2 Å². The fourth-order valence-electron chi connectivity index (χ4n) is 9.84. The van der Waals surface area contributed by atoms with E-state index in [2.05, 4.69) is 15.0 Å². The molecule has 91 heavy (non-hydrogen) atoms. The standard InChI is InChI=1S/C59H45F16N9O7/c1-24-17-36(58(70,71)72)45(53(87)84(24)3)33-10-6-26(31-5-4-16-77-48(31)33)18-41(54(88)89)81-52(86)47-39(62)22-30(23-40(47)63)79-43(59(73,74)75)14-9-28-8-12-32-27(7-11-34(49(32)80-28)50-35(57(67,68)69)13-15-44(76)83-50)19-42(55(90)91)82-51(85)46-37(60)20-29(21-38(46)61)78-25(2)56(64,65)66/h4-8,10-13,15-17,20-23,25,41-43,78-79H,9,14,18-19H2,1-3H3,(H2,76,83)(H,81,86)(H,82,85)(H,88,89)(H,90,91)/t25-,41+,42+,43-/m1/s1. The average molecular weight is 1300 g/mol. The van der Waals surface area contributed by atoms with Gasteiger partial charge in [0.1, 0.15) is 64.4 Å². The third kappa shape index (κ3) is 14.7. The maximum Gasteiger partial charge on any atom is 0.418 e. The molecule has 0 aliphatic heterocycles. The van der Waals surface area contributed by atoms with Crippen LogP contribution in [-0.2, 0) is 48.3 Å². The van der Waals surface area contributed by atoms with Crippen LogP contribution in [0.1, 0.15) is 67.7 Å². The maximum atomic E-state index is 15.8.